The van der Waals surface area contributed by atoms with E-state index in [1.165, 1.54) is 0 Å². The molecule has 0 radical (unpaired) electrons. The number of nitrogens with zero attached hydrogens (tertiary/aromatic N) is 4. The van der Waals surface area contributed by atoms with Gasteiger partial charge in [-0.05, 0) is 56.3 Å². The van der Waals surface area contributed by atoms with Gasteiger partial charge in [-0.15, -0.1) is 0 Å². The Bertz CT molecular complexity index is 857. The number of aryl methyl sites for hydroxylation is 1. The quantitative estimate of drug-likeness (QED) is 0.717. The van der Waals surface area contributed by atoms with Crippen molar-refractivity contribution in [2.24, 2.45) is 0 Å². The lowest BCUT2D eigenvalue weighted by atomic mass is 10.3. The standard InChI is InChI=1S/C19H20N4O2/c1-4-22(16-6-5-11-20-13-16)19(24)18-12-14(2)23(21-18)15-7-9-17(25-3)10-8-15/h5-13H,4H2,1-3H3. The van der Waals surface area contributed by atoms with Gasteiger partial charge < -0.3 is 9.64 Å². The van der Waals surface area contributed by atoms with Crippen LogP contribution in [0.4, 0.5) is 5.69 Å². The highest BCUT2D eigenvalue weighted by Gasteiger charge is 2.20. The molecular weight excluding hydrogens is 316 g/mol. The van der Waals surface area contributed by atoms with Crippen molar-refractivity contribution >= 4 is 11.6 Å². The number of carbonyl (C=O) groups is 1. The average molecular weight is 336 g/mol. The zero-order valence-corrected chi connectivity index (χ0v) is 14.5. The van der Waals surface area contributed by atoms with Crippen LogP contribution in [0.1, 0.15) is 23.1 Å². The van der Waals surface area contributed by atoms with Gasteiger partial charge in [0.05, 0.1) is 24.7 Å². The highest BCUT2D eigenvalue weighted by Crippen LogP contribution is 2.19. The van der Waals surface area contributed by atoms with Gasteiger partial charge in [-0.1, -0.05) is 0 Å². The number of benzene rings is 1. The maximum Gasteiger partial charge on any atom is 0.278 e. The highest BCUT2D eigenvalue weighted by molar-refractivity contribution is 6.04. The first kappa shape index (κ1) is 16.7. The molecule has 0 fully saturated rings. The Kier molecular flexibility index (Phi) is 4.79. The minimum Gasteiger partial charge on any atom is -0.497 e. The number of hydrogen-bond donors (Lipinski definition) is 0. The molecule has 3 rings (SSSR count). The van der Waals surface area contributed by atoms with Gasteiger partial charge in [0.25, 0.3) is 5.91 Å². The summed E-state index contributed by atoms with van der Waals surface area (Å²) in [6.45, 7) is 4.39. The molecular formula is C19H20N4O2. The summed E-state index contributed by atoms with van der Waals surface area (Å²) in [7, 11) is 1.63. The Morgan fingerprint density at radius 3 is 2.60 bits per heavy atom. The Morgan fingerprint density at radius 1 is 1.24 bits per heavy atom. The van der Waals surface area contributed by atoms with Crippen LogP contribution >= 0.6 is 0 Å². The fraction of sp³-hybridized carbons (Fsp3) is 0.211. The number of methoxy groups -OCH3 is 1. The first-order valence-corrected chi connectivity index (χ1v) is 8.07. The lowest BCUT2D eigenvalue weighted by molar-refractivity contribution is 0.0983. The second-order valence-corrected chi connectivity index (χ2v) is 5.54. The Balaban J connectivity index is 1.91. The predicted octanol–water partition coefficient (Wildman–Crippen LogP) is 3.25. The first-order chi connectivity index (χ1) is 12.1. The first-order valence-electron chi connectivity index (χ1n) is 8.07. The molecule has 1 amide bonds. The third-order valence-corrected chi connectivity index (χ3v) is 3.94. The van der Waals surface area contributed by atoms with Crippen LogP contribution in [-0.4, -0.2) is 34.3 Å². The summed E-state index contributed by atoms with van der Waals surface area (Å²) in [5, 5.41) is 4.49. The molecule has 0 saturated carbocycles. The third kappa shape index (κ3) is 3.38. The summed E-state index contributed by atoms with van der Waals surface area (Å²) < 4.78 is 6.93. The van der Waals surface area contributed by atoms with Crippen molar-refractivity contribution in [3.05, 3.63) is 66.2 Å². The normalized spacial score (nSPS) is 10.5. The molecule has 0 aliphatic heterocycles. The van der Waals surface area contributed by atoms with E-state index in [9.17, 15) is 4.79 Å². The largest absolute Gasteiger partial charge is 0.497 e. The second-order valence-electron chi connectivity index (χ2n) is 5.54. The van der Waals surface area contributed by atoms with E-state index in [1.54, 1.807) is 35.2 Å². The van der Waals surface area contributed by atoms with Crippen LogP contribution in [-0.2, 0) is 0 Å². The van der Waals surface area contributed by atoms with E-state index in [1.807, 2.05) is 50.2 Å². The molecule has 3 aromatic rings. The number of amides is 1. The maximum absolute atomic E-state index is 12.9. The minimum absolute atomic E-state index is 0.147. The molecule has 1 aromatic carbocycles. The molecule has 25 heavy (non-hydrogen) atoms. The summed E-state index contributed by atoms with van der Waals surface area (Å²) >= 11 is 0. The molecule has 0 aliphatic rings. The van der Waals surface area contributed by atoms with Crippen LogP contribution in [0.3, 0.4) is 0 Å². The van der Waals surface area contributed by atoms with Gasteiger partial charge in [0.15, 0.2) is 5.69 Å². The fourth-order valence-corrected chi connectivity index (χ4v) is 2.66. The van der Waals surface area contributed by atoms with Gasteiger partial charge in [-0.25, -0.2) is 4.68 Å². The molecule has 128 valence electrons. The number of ether oxygens (including phenoxy) is 1. The van der Waals surface area contributed by atoms with Crippen molar-refractivity contribution < 1.29 is 9.53 Å². The average Bonchev–Trinajstić information content (AvgIpc) is 3.05. The van der Waals surface area contributed by atoms with Crippen LogP contribution in [0.2, 0.25) is 0 Å². The van der Waals surface area contributed by atoms with Gasteiger partial charge in [-0.2, -0.15) is 5.10 Å². The van der Waals surface area contributed by atoms with E-state index in [2.05, 4.69) is 10.1 Å². The lowest BCUT2D eigenvalue weighted by Gasteiger charge is -2.19. The van der Waals surface area contributed by atoms with E-state index in [-0.39, 0.29) is 5.91 Å². The zero-order chi connectivity index (χ0) is 17.8. The number of rotatable bonds is 5. The van der Waals surface area contributed by atoms with Crippen LogP contribution in [0.25, 0.3) is 5.69 Å². The van der Waals surface area contributed by atoms with E-state index in [4.69, 9.17) is 4.74 Å². The number of hydrogen-bond acceptors (Lipinski definition) is 4. The van der Waals surface area contributed by atoms with Crippen molar-refractivity contribution in [1.82, 2.24) is 14.8 Å². The van der Waals surface area contributed by atoms with E-state index < -0.39 is 0 Å². The molecule has 6 nitrogen and oxygen atoms in total. The van der Waals surface area contributed by atoms with Gasteiger partial charge in [0, 0.05) is 18.4 Å². The van der Waals surface area contributed by atoms with Gasteiger partial charge in [0.1, 0.15) is 5.75 Å². The molecule has 2 heterocycles. The molecule has 0 atom stereocenters. The maximum atomic E-state index is 12.9. The van der Waals surface area contributed by atoms with E-state index in [0.29, 0.717) is 12.2 Å². The summed E-state index contributed by atoms with van der Waals surface area (Å²) in [5.74, 6) is 0.629. The molecule has 2 aromatic heterocycles. The van der Waals surface area contributed by atoms with Crippen molar-refractivity contribution in [2.45, 2.75) is 13.8 Å². The van der Waals surface area contributed by atoms with Gasteiger partial charge in [-0.3, -0.25) is 9.78 Å². The molecule has 0 unspecified atom stereocenters. The molecule has 0 aliphatic carbocycles. The lowest BCUT2D eigenvalue weighted by Crippen LogP contribution is -2.31. The minimum atomic E-state index is -0.147. The SMILES string of the molecule is CCN(C(=O)c1cc(C)n(-c2ccc(OC)cc2)n1)c1cccnc1. The Labute approximate surface area is 146 Å². The summed E-state index contributed by atoms with van der Waals surface area (Å²) in [6.07, 6.45) is 3.36. The van der Waals surface area contributed by atoms with E-state index >= 15 is 0 Å². The molecule has 0 saturated heterocycles. The summed E-state index contributed by atoms with van der Waals surface area (Å²) in [4.78, 5) is 18.6. The molecule has 6 heteroatoms. The highest BCUT2D eigenvalue weighted by atomic mass is 16.5. The van der Waals surface area contributed by atoms with Crippen molar-refractivity contribution in [1.29, 1.82) is 0 Å². The summed E-state index contributed by atoms with van der Waals surface area (Å²) in [5.41, 5.74) is 2.92. The fourth-order valence-electron chi connectivity index (χ4n) is 2.66. The van der Waals surface area contributed by atoms with Crippen LogP contribution in [0, 0.1) is 6.92 Å². The van der Waals surface area contributed by atoms with Crippen LogP contribution in [0.5, 0.6) is 5.75 Å². The number of anilines is 1. The van der Waals surface area contributed by atoms with Crippen molar-refractivity contribution in [2.75, 3.05) is 18.6 Å². The molecule has 0 bridgehead atoms. The monoisotopic (exact) mass is 336 g/mol. The topological polar surface area (TPSA) is 60.2 Å². The Morgan fingerprint density at radius 2 is 2.00 bits per heavy atom. The number of aromatic nitrogens is 3. The predicted molar refractivity (Wildman–Crippen MR) is 96.4 cm³/mol. The molecule has 0 spiro atoms. The smallest absolute Gasteiger partial charge is 0.278 e. The zero-order valence-electron chi connectivity index (χ0n) is 14.5. The number of pyridine rings is 1. The van der Waals surface area contributed by atoms with Crippen molar-refractivity contribution in [3.63, 3.8) is 0 Å². The van der Waals surface area contributed by atoms with Crippen molar-refractivity contribution in [3.8, 4) is 11.4 Å². The Hall–Kier alpha value is -3.15. The summed E-state index contributed by atoms with van der Waals surface area (Å²) in [6, 6.07) is 13.0. The van der Waals surface area contributed by atoms with Crippen LogP contribution < -0.4 is 9.64 Å². The third-order valence-electron chi connectivity index (χ3n) is 3.94. The number of carbonyl (C=O) groups excluding carboxylic acids is 1. The van der Waals surface area contributed by atoms with Crippen LogP contribution in [0.15, 0.2) is 54.9 Å². The van der Waals surface area contributed by atoms with Gasteiger partial charge >= 0.3 is 0 Å². The van der Waals surface area contributed by atoms with Gasteiger partial charge in [0.2, 0.25) is 0 Å². The molecule has 0 N–H and O–H groups in total. The van der Waals surface area contributed by atoms with E-state index in [0.717, 1.165) is 22.8 Å². The second kappa shape index (κ2) is 7.17.